The summed E-state index contributed by atoms with van der Waals surface area (Å²) in [6, 6.07) is 0. The highest BCUT2D eigenvalue weighted by Gasteiger charge is 2.15. The predicted octanol–water partition coefficient (Wildman–Crippen LogP) is 0.271. The first kappa shape index (κ1) is 20.6. The summed E-state index contributed by atoms with van der Waals surface area (Å²) in [6.45, 7) is 6.28. The molecular weight excluding hydrogens is 334 g/mol. The maximum absolute atomic E-state index is 9.10. The van der Waals surface area contributed by atoms with E-state index in [4.69, 9.17) is 36.8 Å². The zero-order valence-electron chi connectivity index (χ0n) is 13.8. The number of hydrogen-bond acceptors (Lipinski definition) is 5. The SMILES string of the molecule is O=C(O)C(=O)O.S=C(NCCN1CCCCC1)NCC1CCCO1. The molecule has 0 aliphatic carbocycles. The van der Waals surface area contributed by atoms with Gasteiger partial charge < -0.3 is 30.5 Å². The highest BCUT2D eigenvalue weighted by atomic mass is 32.1. The quantitative estimate of drug-likeness (QED) is 0.405. The van der Waals surface area contributed by atoms with Gasteiger partial charge in [0.2, 0.25) is 0 Å². The van der Waals surface area contributed by atoms with Gasteiger partial charge in [0, 0.05) is 26.2 Å². The van der Waals surface area contributed by atoms with E-state index in [1.807, 2.05) is 0 Å². The van der Waals surface area contributed by atoms with Gasteiger partial charge in [-0.25, -0.2) is 9.59 Å². The van der Waals surface area contributed by atoms with Crippen LogP contribution in [0, 0.1) is 0 Å². The second kappa shape index (κ2) is 12.0. The molecule has 2 saturated heterocycles. The van der Waals surface area contributed by atoms with E-state index in [2.05, 4.69) is 15.5 Å². The number of carbonyl (C=O) groups is 2. The Morgan fingerprint density at radius 3 is 2.29 bits per heavy atom. The van der Waals surface area contributed by atoms with Crippen LogP contribution < -0.4 is 10.6 Å². The average Bonchev–Trinajstić information content (AvgIpc) is 3.08. The van der Waals surface area contributed by atoms with Gasteiger partial charge >= 0.3 is 11.9 Å². The lowest BCUT2D eigenvalue weighted by atomic mass is 10.1. The Hall–Kier alpha value is -1.45. The number of ether oxygens (including phenoxy) is 1. The molecule has 0 radical (unpaired) electrons. The molecule has 24 heavy (non-hydrogen) atoms. The van der Waals surface area contributed by atoms with E-state index in [9.17, 15) is 0 Å². The van der Waals surface area contributed by atoms with Gasteiger partial charge in [0.1, 0.15) is 0 Å². The van der Waals surface area contributed by atoms with Gasteiger partial charge in [-0.15, -0.1) is 0 Å². The van der Waals surface area contributed by atoms with E-state index >= 15 is 0 Å². The summed E-state index contributed by atoms with van der Waals surface area (Å²) in [6.07, 6.45) is 6.78. The molecule has 1 unspecified atom stereocenters. The Kier molecular flexibility index (Phi) is 10.3. The van der Waals surface area contributed by atoms with Crippen LogP contribution in [0.3, 0.4) is 0 Å². The molecule has 9 heteroatoms. The minimum absolute atomic E-state index is 0.354. The number of thiocarbonyl (C=S) groups is 1. The molecule has 2 aliphatic heterocycles. The molecule has 0 saturated carbocycles. The van der Waals surface area contributed by atoms with Crippen molar-refractivity contribution in [1.82, 2.24) is 15.5 Å². The summed E-state index contributed by atoms with van der Waals surface area (Å²) in [7, 11) is 0. The van der Waals surface area contributed by atoms with E-state index in [-0.39, 0.29) is 0 Å². The monoisotopic (exact) mass is 361 g/mol. The molecule has 2 fully saturated rings. The van der Waals surface area contributed by atoms with E-state index in [1.54, 1.807) is 0 Å². The zero-order chi connectivity index (χ0) is 17.8. The normalized spacial score (nSPS) is 20.6. The van der Waals surface area contributed by atoms with Gasteiger partial charge in [0.15, 0.2) is 5.11 Å². The maximum Gasteiger partial charge on any atom is 0.414 e. The topological polar surface area (TPSA) is 111 Å². The molecule has 4 N–H and O–H groups in total. The lowest BCUT2D eigenvalue weighted by Gasteiger charge is -2.26. The predicted molar refractivity (Wildman–Crippen MR) is 93.1 cm³/mol. The highest BCUT2D eigenvalue weighted by Crippen LogP contribution is 2.10. The molecular formula is C15H27N3O5S. The van der Waals surface area contributed by atoms with Crippen molar-refractivity contribution in [3.63, 3.8) is 0 Å². The van der Waals surface area contributed by atoms with Crippen LogP contribution in [0.4, 0.5) is 0 Å². The summed E-state index contributed by atoms with van der Waals surface area (Å²) in [5, 5.41) is 22.1. The van der Waals surface area contributed by atoms with E-state index in [0.29, 0.717) is 6.10 Å². The molecule has 8 nitrogen and oxygen atoms in total. The molecule has 138 valence electrons. The van der Waals surface area contributed by atoms with Crippen LogP contribution in [0.1, 0.15) is 32.1 Å². The summed E-state index contributed by atoms with van der Waals surface area (Å²) in [5.74, 6) is -3.65. The lowest BCUT2D eigenvalue weighted by Crippen LogP contribution is -2.43. The molecule has 0 aromatic rings. The van der Waals surface area contributed by atoms with Gasteiger partial charge in [0.05, 0.1) is 6.10 Å². The van der Waals surface area contributed by atoms with Gasteiger partial charge in [-0.3, -0.25) is 0 Å². The zero-order valence-corrected chi connectivity index (χ0v) is 14.6. The van der Waals surface area contributed by atoms with E-state index < -0.39 is 11.9 Å². The summed E-state index contributed by atoms with van der Waals surface area (Å²) < 4.78 is 5.54. The largest absolute Gasteiger partial charge is 0.473 e. The average molecular weight is 361 g/mol. The van der Waals surface area contributed by atoms with Crippen molar-refractivity contribution < 1.29 is 24.5 Å². The number of carboxylic acid groups (broad SMARTS) is 2. The van der Waals surface area contributed by atoms with Crippen molar-refractivity contribution in [2.24, 2.45) is 0 Å². The molecule has 0 aromatic heterocycles. The smallest absolute Gasteiger partial charge is 0.414 e. The first-order valence-electron chi connectivity index (χ1n) is 8.31. The second-order valence-corrected chi connectivity index (χ2v) is 6.19. The highest BCUT2D eigenvalue weighted by molar-refractivity contribution is 7.80. The molecule has 0 aromatic carbocycles. The molecule has 0 bridgehead atoms. The standard InChI is InChI=1S/C13H25N3OS.C2H2O4/c18-13(15-11-12-5-4-10-17-12)14-6-9-16-7-2-1-3-8-16;3-1(4)2(5)6/h12H,1-11H2,(H2,14,15,18);(H,3,4)(H,5,6). The van der Waals surface area contributed by atoms with Gasteiger partial charge in [0.25, 0.3) is 0 Å². The van der Waals surface area contributed by atoms with Crippen LogP contribution in [-0.2, 0) is 14.3 Å². The van der Waals surface area contributed by atoms with Crippen molar-refractivity contribution in [3.05, 3.63) is 0 Å². The van der Waals surface area contributed by atoms with Crippen LogP contribution in [-0.4, -0.2) is 77.6 Å². The third kappa shape index (κ3) is 9.64. The summed E-state index contributed by atoms with van der Waals surface area (Å²) in [5.41, 5.74) is 0. The molecule has 2 aliphatic rings. The number of likely N-dealkylation sites (tertiary alicyclic amines) is 1. The fourth-order valence-electron chi connectivity index (χ4n) is 2.58. The Bertz CT molecular complexity index is 398. The van der Waals surface area contributed by atoms with Crippen LogP contribution in [0.2, 0.25) is 0 Å². The fraction of sp³-hybridized carbons (Fsp3) is 0.800. The van der Waals surface area contributed by atoms with Gasteiger partial charge in [-0.05, 0) is 51.0 Å². The van der Waals surface area contributed by atoms with Crippen molar-refractivity contribution in [2.45, 2.75) is 38.2 Å². The first-order chi connectivity index (χ1) is 11.5. The third-order valence-corrected chi connectivity index (χ3v) is 4.15. The van der Waals surface area contributed by atoms with Gasteiger partial charge in [-0.2, -0.15) is 0 Å². The van der Waals surface area contributed by atoms with Crippen molar-refractivity contribution >= 4 is 29.3 Å². The van der Waals surface area contributed by atoms with Crippen molar-refractivity contribution in [2.75, 3.05) is 39.3 Å². The third-order valence-electron chi connectivity index (χ3n) is 3.86. The van der Waals surface area contributed by atoms with E-state index in [1.165, 1.54) is 38.8 Å². The molecule has 2 heterocycles. The van der Waals surface area contributed by atoms with Crippen LogP contribution >= 0.6 is 12.2 Å². The number of nitrogens with zero attached hydrogens (tertiary/aromatic N) is 1. The maximum atomic E-state index is 9.10. The van der Waals surface area contributed by atoms with Crippen LogP contribution in [0.5, 0.6) is 0 Å². The fourth-order valence-corrected chi connectivity index (χ4v) is 2.77. The number of hydrogen-bond donors (Lipinski definition) is 4. The van der Waals surface area contributed by atoms with Crippen LogP contribution in [0.15, 0.2) is 0 Å². The lowest BCUT2D eigenvalue weighted by molar-refractivity contribution is -0.159. The van der Waals surface area contributed by atoms with Crippen molar-refractivity contribution in [1.29, 1.82) is 0 Å². The summed E-state index contributed by atoms with van der Waals surface area (Å²) >= 11 is 5.26. The molecule has 0 amide bonds. The summed E-state index contributed by atoms with van der Waals surface area (Å²) in [4.78, 5) is 20.7. The molecule has 1 atom stereocenters. The Balaban J connectivity index is 0.000000413. The van der Waals surface area contributed by atoms with Crippen molar-refractivity contribution in [3.8, 4) is 0 Å². The minimum atomic E-state index is -1.82. The molecule has 2 rings (SSSR count). The van der Waals surface area contributed by atoms with Crippen LogP contribution in [0.25, 0.3) is 0 Å². The number of aliphatic carboxylic acids is 2. The first-order valence-corrected chi connectivity index (χ1v) is 8.71. The second-order valence-electron chi connectivity index (χ2n) is 5.78. The Labute approximate surface area is 147 Å². The van der Waals surface area contributed by atoms with E-state index in [0.717, 1.165) is 37.8 Å². The molecule has 0 spiro atoms. The minimum Gasteiger partial charge on any atom is -0.473 e. The van der Waals surface area contributed by atoms with Gasteiger partial charge in [-0.1, -0.05) is 6.42 Å². The number of nitrogens with one attached hydrogen (secondary N) is 2. The Morgan fingerprint density at radius 1 is 1.08 bits per heavy atom. The number of piperidine rings is 1. The Morgan fingerprint density at radius 2 is 1.75 bits per heavy atom. The number of rotatable bonds is 5. The number of carboxylic acids is 2.